The molecule has 2 aliphatic rings. The van der Waals surface area contributed by atoms with E-state index in [1.807, 2.05) is 0 Å². The van der Waals surface area contributed by atoms with E-state index in [1.54, 1.807) is 13.0 Å². The third-order valence-electron chi connectivity index (χ3n) is 4.32. The van der Waals surface area contributed by atoms with Gasteiger partial charge in [0.2, 0.25) is 5.91 Å². The fourth-order valence-corrected chi connectivity index (χ4v) is 3.27. The normalized spacial score (nSPS) is 30.4. The second-order valence-corrected chi connectivity index (χ2v) is 5.63. The van der Waals surface area contributed by atoms with Crippen molar-refractivity contribution in [3.05, 3.63) is 29.6 Å². The molecule has 112 valence electrons. The number of carbonyl (C=O) groups excluding carboxylic acids is 1. The van der Waals surface area contributed by atoms with E-state index >= 15 is 0 Å². The summed E-state index contributed by atoms with van der Waals surface area (Å²) in [6.07, 6.45) is 0.612. The zero-order valence-corrected chi connectivity index (χ0v) is 11.5. The van der Waals surface area contributed by atoms with Gasteiger partial charge in [-0.3, -0.25) is 9.59 Å². The number of ether oxygens (including phenoxy) is 1. The molecule has 3 rings (SSSR count). The van der Waals surface area contributed by atoms with Gasteiger partial charge in [0, 0.05) is 5.69 Å². The van der Waals surface area contributed by atoms with Gasteiger partial charge in [-0.2, -0.15) is 0 Å². The first kappa shape index (κ1) is 14.0. The van der Waals surface area contributed by atoms with Crippen LogP contribution in [0.25, 0.3) is 0 Å². The summed E-state index contributed by atoms with van der Waals surface area (Å²) in [5.74, 6) is -3.42. The average Bonchev–Trinajstić information content (AvgIpc) is 3.03. The molecule has 0 aliphatic carbocycles. The van der Waals surface area contributed by atoms with Crippen LogP contribution in [0.15, 0.2) is 18.2 Å². The Morgan fingerprint density at radius 3 is 2.62 bits per heavy atom. The van der Waals surface area contributed by atoms with Crippen LogP contribution >= 0.6 is 0 Å². The maximum Gasteiger partial charge on any atom is 0.310 e. The minimum atomic E-state index is -1.02. The van der Waals surface area contributed by atoms with E-state index in [4.69, 9.17) is 4.74 Å². The van der Waals surface area contributed by atoms with Gasteiger partial charge in [0.25, 0.3) is 0 Å². The molecule has 2 N–H and O–H groups in total. The number of fused-ring (bicyclic) bond motifs is 2. The number of hydrogen-bond acceptors (Lipinski definition) is 3. The Balaban J connectivity index is 1.81. The van der Waals surface area contributed by atoms with Crippen molar-refractivity contribution < 1.29 is 23.8 Å². The summed E-state index contributed by atoms with van der Waals surface area (Å²) >= 11 is 0. The summed E-state index contributed by atoms with van der Waals surface area (Å²) in [7, 11) is 0. The number of carboxylic acids is 1. The maximum absolute atomic E-state index is 13.3. The van der Waals surface area contributed by atoms with E-state index in [-0.39, 0.29) is 6.10 Å². The van der Waals surface area contributed by atoms with Gasteiger partial charge in [-0.1, -0.05) is 6.07 Å². The zero-order valence-electron chi connectivity index (χ0n) is 11.5. The van der Waals surface area contributed by atoms with Crippen molar-refractivity contribution in [2.24, 2.45) is 11.8 Å². The Hall–Kier alpha value is -1.95. The van der Waals surface area contributed by atoms with Gasteiger partial charge in [-0.15, -0.1) is 0 Å². The standard InChI is InChI=1S/C15H16FNO4/c1-7-2-3-8(16)6-9(7)17-14(18)12-10-4-5-11(21-10)13(12)15(19)20/h2-3,6,10-13H,4-5H2,1H3,(H,17,18)(H,19,20)/t10-,11+,12+,13+/m1/s1. The van der Waals surface area contributed by atoms with Crippen LogP contribution < -0.4 is 5.32 Å². The van der Waals surface area contributed by atoms with E-state index in [9.17, 15) is 19.1 Å². The molecule has 1 aromatic rings. The van der Waals surface area contributed by atoms with Crippen LogP contribution in [-0.4, -0.2) is 29.2 Å². The van der Waals surface area contributed by atoms with Crippen LogP contribution in [0.3, 0.4) is 0 Å². The van der Waals surface area contributed by atoms with Crippen molar-refractivity contribution in [2.75, 3.05) is 5.32 Å². The fraction of sp³-hybridized carbons (Fsp3) is 0.467. The molecule has 2 heterocycles. The first-order valence-electron chi connectivity index (χ1n) is 6.92. The summed E-state index contributed by atoms with van der Waals surface area (Å²) in [5.41, 5.74) is 1.09. The molecule has 2 bridgehead atoms. The number of aliphatic carboxylic acids is 1. The Morgan fingerprint density at radius 2 is 1.95 bits per heavy atom. The van der Waals surface area contributed by atoms with E-state index in [1.165, 1.54) is 12.1 Å². The smallest absolute Gasteiger partial charge is 0.310 e. The van der Waals surface area contributed by atoms with E-state index in [0.29, 0.717) is 18.5 Å². The van der Waals surface area contributed by atoms with Gasteiger partial charge in [-0.25, -0.2) is 4.39 Å². The molecule has 0 aromatic heterocycles. The third kappa shape index (κ3) is 2.40. The number of halogens is 1. The summed E-state index contributed by atoms with van der Waals surface area (Å²) in [6.45, 7) is 1.75. The van der Waals surface area contributed by atoms with Crippen molar-refractivity contribution in [3.63, 3.8) is 0 Å². The number of anilines is 1. The number of carbonyl (C=O) groups is 2. The number of aryl methyl sites for hydroxylation is 1. The molecule has 0 radical (unpaired) electrons. The summed E-state index contributed by atoms with van der Waals surface area (Å²) < 4.78 is 18.8. The van der Waals surface area contributed by atoms with Crippen LogP contribution in [0.5, 0.6) is 0 Å². The average molecular weight is 293 g/mol. The summed E-state index contributed by atoms with van der Waals surface area (Å²) in [4.78, 5) is 23.8. The molecule has 0 unspecified atom stereocenters. The number of nitrogens with one attached hydrogen (secondary N) is 1. The van der Waals surface area contributed by atoms with Gasteiger partial charge in [0.15, 0.2) is 0 Å². The second kappa shape index (κ2) is 5.11. The van der Waals surface area contributed by atoms with Gasteiger partial charge in [0.1, 0.15) is 5.82 Å². The third-order valence-corrected chi connectivity index (χ3v) is 4.32. The van der Waals surface area contributed by atoms with Crippen LogP contribution in [0, 0.1) is 24.6 Å². The summed E-state index contributed by atoms with van der Waals surface area (Å²) in [5, 5.41) is 11.9. The quantitative estimate of drug-likeness (QED) is 0.893. The van der Waals surface area contributed by atoms with E-state index < -0.39 is 35.6 Å². The zero-order chi connectivity index (χ0) is 15.1. The molecule has 0 saturated carbocycles. The number of rotatable bonds is 3. The highest BCUT2D eigenvalue weighted by atomic mass is 19.1. The molecule has 5 nitrogen and oxygen atoms in total. The lowest BCUT2D eigenvalue weighted by Crippen LogP contribution is -2.41. The summed E-state index contributed by atoms with van der Waals surface area (Å²) in [6, 6.07) is 4.11. The minimum Gasteiger partial charge on any atom is -0.481 e. The predicted molar refractivity (Wildman–Crippen MR) is 72.3 cm³/mol. The second-order valence-electron chi connectivity index (χ2n) is 5.63. The minimum absolute atomic E-state index is 0.357. The molecular weight excluding hydrogens is 277 g/mol. The lowest BCUT2D eigenvalue weighted by molar-refractivity contribution is -0.147. The largest absolute Gasteiger partial charge is 0.481 e. The Labute approximate surface area is 121 Å². The molecule has 2 aliphatic heterocycles. The van der Waals surface area contributed by atoms with Gasteiger partial charge in [-0.05, 0) is 37.5 Å². The van der Waals surface area contributed by atoms with Crippen molar-refractivity contribution in [1.82, 2.24) is 0 Å². The number of amides is 1. The molecule has 1 amide bonds. The van der Waals surface area contributed by atoms with Gasteiger partial charge >= 0.3 is 5.97 Å². The number of carboxylic acid groups (broad SMARTS) is 1. The van der Waals surface area contributed by atoms with Crippen molar-refractivity contribution in [1.29, 1.82) is 0 Å². The molecule has 21 heavy (non-hydrogen) atoms. The van der Waals surface area contributed by atoms with Crippen LogP contribution in [-0.2, 0) is 14.3 Å². The molecule has 4 atom stereocenters. The Bertz CT molecular complexity index is 603. The Morgan fingerprint density at radius 1 is 1.29 bits per heavy atom. The van der Waals surface area contributed by atoms with Crippen molar-refractivity contribution in [3.8, 4) is 0 Å². The van der Waals surface area contributed by atoms with Crippen molar-refractivity contribution in [2.45, 2.75) is 32.0 Å². The van der Waals surface area contributed by atoms with E-state index in [0.717, 1.165) is 5.56 Å². The van der Waals surface area contributed by atoms with Crippen LogP contribution in [0.2, 0.25) is 0 Å². The topological polar surface area (TPSA) is 75.6 Å². The Kier molecular flexibility index (Phi) is 3.41. The fourth-order valence-electron chi connectivity index (χ4n) is 3.27. The van der Waals surface area contributed by atoms with E-state index in [2.05, 4.69) is 5.32 Å². The highest BCUT2D eigenvalue weighted by Crippen LogP contribution is 2.44. The van der Waals surface area contributed by atoms with Crippen molar-refractivity contribution >= 4 is 17.6 Å². The van der Waals surface area contributed by atoms with Crippen LogP contribution in [0.4, 0.5) is 10.1 Å². The molecule has 1 aromatic carbocycles. The molecule has 0 spiro atoms. The van der Waals surface area contributed by atoms with Gasteiger partial charge in [0.05, 0.1) is 24.0 Å². The monoisotopic (exact) mass is 293 g/mol. The molecule has 2 fully saturated rings. The number of benzene rings is 1. The number of hydrogen-bond donors (Lipinski definition) is 2. The highest BCUT2D eigenvalue weighted by molar-refractivity contribution is 5.96. The molecule has 2 saturated heterocycles. The van der Waals surface area contributed by atoms with Gasteiger partial charge < -0.3 is 15.2 Å². The molecular formula is C15H16FNO4. The molecule has 6 heteroatoms. The SMILES string of the molecule is Cc1ccc(F)cc1NC(=O)[C@@H]1[C@@H](C(=O)O)[C@@H]2CC[C@H]1O2. The maximum atomic E-state index is 13.3. The lowest BCUT2D eigenvalue weighted by atomic mass is 9.78. The highest BCUT2D eigenvalue weighted by Gasteiger charge is 2.55. The first-order valence-corrected chi connectivity index (χ1v) is 6.92. The first-order chi connectivity index (χ1) is 9.97. The lowest BCUT2D eigenvalue weighted by Gasteiger charge is -2.24. The predicted octanol–water partition coefficient (Wildman–Crippen LogP) is 1.95. The van der Waals surface area contributed by atoms with Crippen LogP contribution in [0.1, 0.15) is 18.4 Å².